The number of hydrogen-bond acceptors (Lipinski definition) is 3. The molecule has 8 rings (SSSR count). The third-order valence-corrected chi connectivity index (χ3v) is 9.91. The molecule has 5 aromatic carbocycles. The van der Waals surface area contributed by atoms with Crippen molar-refractivity contribution >= 4 is 10.9 Å². The first kappa shape index (κ1) is 32.1. The number of para-hydroxylation sites is 1. The Hall–Kier alpha value is -6.08. The maximum absolute atomic E-state index is 14.2. The summed E-state index contributed by atoms with van der Waals surface area (Å²) < 4.78 is 18.8. The Morgan fingerprint density at radius 2 is 1.29 bits per heavy atom. The molecule has 0 amide bonds. The molecule has 0 spiro atoms. The summed E-state index contributed by atoms with van der Waals surface area (Å²) in [4.78, 5) is 8.15. The Morgan fingerprint density at radius 3 is 1.98 bits per heavy atom. The van der Waals surface area contributed by atoms with Crippen molar-refractivity contribution < 1.29 is 4.39 Å². The first-order valence-electron chi connectivity index (χ1n) is 17.6. The number of nitrogens with zero attached hydrogens (tertiary/aromatic N) is 5. The summed E-state index contributed by atoms with van der Waals surface area (Å²) in [5.41, 5.74) is 7.27. The molecule has 3 aromatic heterocycles. The van der Waals surface area contributed by atoms with Crippen LogP contribution in [-0.4, -0.2) is 29.3 Å². The van der Waals surface area contributed by atoms with Gasteiger partial charge in [-0.25, -0.2) is 9.37 Å². The van der Waals surface area contributed by atoms with Crippen molar-refractivity contribution in [3.8, 4) is 0 Å². The first-order valence-corrected chi connectivity index (χ1v) is 17.6. The molecule has 0 aliphatic rings. The summed E-state index contributed by atoms with van der Waals surface area (Å²) in [5.74, 6) is 1.53. The van der Waals surface area contributed by atoms with Gasteiger partial charge >= 0.3 is 0 Å². The van der Waals surface area contributed by atoms with Gasteiger partial charge in [0.1, 0.15) is 23.0 Å². The third kappa shape index (κ3) is 6.39. The number of benzene rings is 5. The van der Waals surface area contributed by atoms with Gasteiger partial charge in [-0.2, -0.15) is 0 Å². The van der Waals surface area contributed by atoms with E-state index in [0.717, 1.165) is 77.3 Å². The van der Waals surface area contributed by atoms with Crippen LogP contribution in [0.3, 0.4) is 0 Å². The third-order valence-electron chi connectivity index (χ3n) is 9.91. The molecule has 0 bridgehead atoms. The van der Waals surface area contributed by atoms with Crippen LogP contribution in [0.25, 0.3) is 10.9 Å². The SMILES string of the molecule is Fc1cccc(Cc2nnc(CCc3c[nH]c4ccccc34)n2CCCc2cncn2C(c2ccccc2)(c2ccccc2)c2ccccc2)c1. The van der Waals surface area contributed by atoms with Crippen molar-refractivity contribution in [3.63, 3.8) is 0 Å². The summed E-state index contributed by atoms with van der Waals surface area (Å²) in [6.07, 6.45) is 9.79. The Balaban J connectivity index is 1.12. The van der Waals surface area contributed by atoms with Gasteiger partial charge < -0.3 is 14.1 Å². The molecule has 0 aliphatic carbocycles. The van der Waals surface area contributed by atoms with Crippen LogP contribution in [0.5, 0.6) is 0 Å². The van der Waals surface area contributed by atoms with E-state index in [1.165, 1.54) is 17.0 Å². The molecule has 0 saturated carbocycles. The second-order valence-corrected chi connectivity index (χ2v) is 13.0. The molecular weight excluding hydrogens is 632 g/mol. The van der Waals surface area contributed by atoms with Crippen LogP contribution in [0, 0.1) is 5.82 Å². The van der Waals surface area contributed by atoms with Crippen molar-refractivity contribution in [2.45, 2.75) is 44.2 Å². The van der Waals surface area contributed by atoms with Crippen LogP contribution in [0.2, 0.25) is 0 Å². The molecule has 3 heterocycles. The molecule has 7 heteroatoms. The summed E-state index contributed by atoms with van der Waals surface area (Å²) in [5, 5.41) is 10.6. The van der Waals surface area contributed by atoms with Crippen molar-refractivity contribution in [3.05, 3.63) is 209 Å². The zero-order valence-electron chi connectivity index (χ0n) is 28.4. The van der Waals surface area contributed by atoms with Gasteiger partial charge in [0, 0.05) is 48.4 Å². The van der Waals surface area contributed by atoms with Crippen molar-refractivity contribution in [1.82, 2.24) is 29.3 Å². The molecule has 0 aliphatic heterocycles. The van der Waals surface area contributed by atoms with Crippen LogP contribution in [0.4, 0.5) is 4.39 Å². The fourth-order valence-corrected chi connectivity index (χ4v) is 7.54. The van der Waals surface area contributed by atoms with Gasteiger partial charge in [-0.05, 0) is 65.3 Å². The van der Waals surface area contributed by atoms with Crippen LogP contribution in [0.15, 0.2) is 158 Å². The number of hydrogen-bond donors (Lipinski definition) is 1. The lowest BCUT2D eigenvalue weighted by atomic mass is 9.76. The van der Waals surface area contributed by atoms with Gasteiger partial charge in [0.05, 0.1) is 6.33 Å². The zero-order valence-corrected chi connectivity index (χ0v) is 28.4. The number of aromatic amines is 1. The number of imidazole rings is 1. The minimum Gasteiger partial charge on any atom is -0.361 e. The molecule has 8 aromatic rings. The predicted molar refractivity (Wildman–Crippen MR) is 200 cm³/mol. The number of aryl methyl sites for hydroxylation is 3. The highest BCUT2D eigenvalue weighted by Crippen LogP contribution is 2.41. The number of fused-ring (bicyclic) bond motifs is 1. The molecule has 0 saturated heterocycles. The summed E-state index contributed by atoms with van der Waals surface area (Å²) in [6, 6.07) is 47.2. The predicted octanol–water partition coefficient (Wildman–Crippen LogP) is 8.94. The van der Waals surface area contributed by atoms with Gasteiger partial charge in [0.25, 0.3) is 0 Å². The first-order chi connectivity index (χ1) is 25.2. The van der Waals surface area contributed by atoms with Crippen molar-refractivity contribution in [1.29, 1.82) is 0 Å². The quantitative estimate of drug-likeness (QED) is 0.125. The number of nitrogens with one attached hydrogen (secondary N) is 1. The lowest BCUT2D eigenvalue weighted by molar-refractivity contribution is 0.485. The van der Waals surface area contributed by atoms with E-state index in [1.807, 2.05) is 24.7 Å². The Bertz CT molecular complexity index is 2240. The molecule has 252 valence electrons. The second-order valence-electron chi connectivity index (χ2n) is 13.0. The molecule has 0 radical (unpaired) electrons. The fourth-order valence-electron chi connectivity index (χ4n) is 7.54. The summed E-state index contributed by atoms with van der Waals surface area (Å²) >= 11 is 0. The maximum Gasteiger partial charge on any atom is 0.137 e. The number of H-pyrrole nitrogens is 1. The fraction of sp³-hybridized carbons (Fsp3) is 0.159. The number of halogens is 1. The maximum atomic E-state index is 14.2. The Morgan fingerprint density at radius 1 is 0.647 bits per heavy atom. The van der Waals surface area contributed by atoms with Gasteiger partial charge in [0.2, 0.25) is 0 Å². The van der Waals surface area contributed by atoms with E-state index < -0.39 is 5.54 Å². The van der Waals surface area contributed by atoms with Gasteiger partial charge in [0.15, 0.2) is 0 Å². The van der Waals surface area contributed by atoms with Crippen LogP contribution >= 0.6 is 0 Å². The minimum absolute atomic E-state index is 0.245. The number of rotatable bonds is 13. The molecule has 0 unspecified atom stereocenters. The van der Waals surface area contributed by atoms with E-state index >= 15 is 0 Å². The molecule has 0 fully saturated rings. The lowest BCUT2D eigenvalue weighted by Crippen LogP contribution is -2.38. The molecular formula is C44H39FN6. The monoisotopic (exact) mass is 670 g/mol. The van der Waals surface area contributed by atoms with Gasteiger partial charge in [-0.1, -0.05) is 121 Å². The normalized spacial score (nSPS) is 11.7. The van der Waals surface area contributed by atoms with Crippen molar-refractivity contribution in [2.24, 2.45) is 0 Å². The van der Waals surface area contributed by atoms with E-state index in [2.05, 4.69) is 135 Å². The topological polar surface area (TPSA) is 64.3 Å². The second kappa shape index (κ2) is 14.4. The molecule has 51 heavy (non-hydrogen) atoms. The van der Waals surface area contributed by atoms with Gasteiger partial charge in [-0.15, -0.1) is 10.2 Å². The molecule has 0 atom stereocenters. The highest BCUT2D eigenvalue weighted by atomic mass is 19.1. The average Bonchev–Trinajstić information content (AvgIpc) is 3.92. The highest BCUT2D eigenvalue weighted by Gasteiger charge is 2.39. The molecule has 6 nitrogen and oxygen atoms in total. The average molecular weight is 671 g/mol. The lowest BCUT2D eigenvalue weighted by Gasteiger charge is -2.38. The van der Waals surface area contributed by atoms with Crippen LogP contribution in [-0.2, 0) is 37.8 Å². The van der Waals surface area contributed by atoms with E-state index in [-0.39, 0.29) is 5.82 Å². The van der Waals surface area contributed by atoms with E-state index in [4.69, 9.17) is 10.1 Å². The Kier molecular flexibility index (Phi) is 9.08. The largest absolute Gasteiger partial charge is 0.361 e. The number of aromatic nitrogens is 6. The highest BCUT2D eigenvalue weighted by molar-refractivity contribution is 5.83. The van der Waals surface area contributed by atoms with E-state index in [0.29, 0.717) is 6.42 Å². The van der Waals surface area contributed by atoms with E-state index in [1.54, 1.807) is 12.1 Å². The van der Waals surface area contributed by atoms with Crippen LogP contribution < -0.4 is 0 Å². The zero-order chi connectivity index (χ0) is 34.5. The Labute approximate surface area is 297 Å². The smallest absolute Gasteiger partial charge is 0.137 e. The molecule has 1 N–H and O–H groups in total. The van der Waals surface area contributed by atoms with Crippen molar-refractivity contribution in [2.75, 3.05) is 0 Å². The minimum atomic E-state index is -0.626. The van der Waals surface area contributed by atoms with Crippen LogP contribution in [0.1, 0.15) is 51.6 Å². The summed E-state index contributed by atoms with van der Waals surface area (Å²) in [6.45, 7) is 0.723. The standard InChI is InChI=1S/C44H39FN6/c45-38-21-12-14-33(28-38)29-43-49-48-42(26-25-34-30-47-41-24-11-10-23-40(34)41)50(43)27-13-22-39-31-46-32-51(39)44(35-15-4-1-5-16-35,36-17-6-2-7-18-36)37-19-8-3-9-20-37/h1-12,14-21,23-24,28,30-32,47H,13,22,25-27,29H2. The van der Waals surface area contributed by atoms with Gasteiger partial charge in [-0.3, -0.25) is 0 Å². The summed E-state index contributed by atoms with van der Waals surface area (Å²) in [7, 11) is 0. The van der Waals surface area contributed by atoms with E-state index in [9.17, 15) is 4.39 Å².